The van der Waals surface area contributed by atoms with Crippen LogP contribution in [0.4, 0.5) is 0 Å². The smallest absolute Gasteiger partial charge is 0.306 e. The van der Waals surface area contributed by atoms with Gasteiger partial charge in [-0.05, 0) is 12.8 Å². The van der Waals surface area contributed by atoms with Crippen molar-refractivity contribution in [2.75, 3.05) is 0 Å². The molecule has 0 aromatic carbocycles. The Morgan fingerprint density at radius 3 is 2.92 bits per heavy atom. The maximum atomic E-state index is 10.8. The maximum Gasteiger partial charge on any atom is 0.306 e. The number of esters is 1. The van der Waals surface area contributed by atoms with Crippen LogP contribution in [0.5, 0.6) is 0 Å². The fourth-order valence-corrected chi connectivity index (χ4v) is 2.17. The first-order valence-electron chi connectivity index (χ1n) is 4.11. The highest BCUT2D eigenvalue weighted by atomic mass is 16.6. The number of ether oxygens (including phenoxy) is 1. The Balaban J connectivity index is 2.13. The second-order valence-corrected chi connectivity index (χ2v) is 3.42. The van der Waals surface area contributed by atoms with Crippen molar-refractivity contribution in [3.8, 4) is 0 Å². The lowest BCUT2D eigenvalue weighted by Gasteiger charge is -2.09. The van der Waals surface area contributed by atoms with Gasteiger partial charge in [0.1, 0.15) is 6.10 Å². The molecule has 66 valence electrons. The van der Waals surface area contributed by atoms with Gasteiger partial charge in [0.15, 0.2) is 0 Å². The number of carboxylic acid groups (broad SMARTS) is 1. The van der Waals surface area contributed by atoms with Crippen LogP contribution in [0.25, 0.3) is 0 Å². The first-order valence-corrected chi connectivity index (χ1v) is 4.11. The fraction of sp³-hybridized carbons (Fsp3) is 0.750. The van der Waals surface area contributed by atoms with Crippen LogP contribution in [0.15, 0.2) is 0 Å². The number of carbonyl (C=O) groups is 2. The van der Waals surface area contributed by atoms with Crippen LogP contribution in [0.2, 0.25) is 0 Å². The monoisotopic (exact) mass is 170 g/mol. The molecule has 12 heavy (non-hydrogen) atoms. The van der Waals surface area contributed by atoms with Gasteiger partial charge in [0.05, 0.1) is 12.3 Å². The van der Waals surface area contributed by atoms with Crippen LogP contribution in [0.1, 0.15) is 19.3 Å². The molecule has 2 aliphatic rings. The number of aliphatic carboxylic acids is 1. The zero-order valence-electron chi connectivity index (χ0n) is 6.53. The van der Waals surface area contributed by atoms with E-state index in [1.54, 1.807) is 0 Å². The van der Waals surface area contributed by atoms with Crippen molar-refractivity contribution < 1.29 is 19.4 Å². The van der Waals surface area contributed by atoms with E-state index in [1.165, 1.54) is 0 Å². The fourth-order valence-electron chi connectivity index (χ4n) is 2.17. The lowest BCUT2D eigenvalue weighted by atomic mass is 9.94. The van der Waals surface area contributed by atoms with Crippen molar-refractivity contribution in [2.45, 2.75) is 25.4 Å². The van der Waals surface area contributed by atoms with Crippen molar-refractivity contribution in [2.24, 2.45) is 11.8 Å². The van der Waals surface area contributed by atoms with Crippen molar-refractivity contribution in [1.82, 2.24) is 0 Å². The normalized spacial score (nSPS) is 39.3. The highest BCUT2D eigenvalue weighted by Gasteiger charge is 2.47. The molecule has 1 saturated heterocycles. The van der Waals surface area contributed by atoms with Crippen LogP contribution in [-0.2, 0) is 14.3 Å². The molecule has 2 rings (SSSR count). The van der Waals surface area contributed by atoms with E-state index in [1.807, 2.05) is 0 Å². The summed E-state index contributed by atoms with van der Waals surface area (Å²) in [7, 11) is 0. The van der Waals surface area contributed by atoms with E-state index in [4.69, 9.17) is 9.84 Å². The average molecular weight is 170 g/mol. The number of hydrogen-bond donors (Lipinski definition) is 1. The minimum absolute atomic E-state index is 0.0602. The lowest BCUT2D eigenvalue weighted by Crippen LogP contribution is -2.20. The summed E-state index contributed by atoms with van der Waals surface area (Å²) in [5, 5.41) is 8.78. The summed E-state index contributed by atoms with van der Waals surface area (Å²) in [6, 6.07) is 0. The Morgan fingerprint density at radius 2 is 2.25 bits per heavy atom. The summed E-state index contributed by atoms with van der Waals surface area (Å²) in [4.78, 5) is 21.5. The predicted octanol–water partition coefficient (Wildman–Crippen LogP) is 0.413. The molecule has 1 aliphatic carbocycles. The van der Waals surface area contributed by atoms with Gasteiger partial charge in [0.25, 0.3) is 0 Å². The van der Waals surface area contributed by atoms with Gasteiger partial charge in [0, 0.05) is 5.92 Å². The molecule has 2 fully saturated rings. The molecule has 1 saturated carbocycles. The summed E-state index contributed by atoms with van der Waals surface area (Å²) in [5.74, 6) is -1.45. The third-order valence-electron chi connectivity index (χ3n) is 2.76. The summed E-state index contributed by atoms with van der Waals surface area (Å²) in [6.07, 6.45) is 1.55. The number of carbonyl (C=O) groups excluding carboxylic acids is 1. The van der Waals surface area contributed by atoms with Crippen LogP contribution in [0.3, 0.4) is 0 Å². The average Bonchev–Trinajstić information content (AvgIpc) is 2.43. The summed E-state index contributed by atoms with van der Waals surface area (Å²) in [5.41, 5.74) is 0. The van der Waals surface area contributed by atoms with E-state index in [0.29, 0.717) is 19.3 Å². The Hall–Kier alpha value is -1.06. The molecule has 3 atom stereocenters. The summed E-state index contributed by atoms with van der Waals surface area (Å²) >= 11 is 0. The maximum absolute atomic E-state index is 10.8. The van der Waals surface area contributed by atoms with E-state index in [0.717, 1.165) is 0 Å². The Morgan fingerprint density at radius 1 is 1.50 bits per heavy atom. The molecule has 0 aromatic rings. The number of carboxylic acids is 1. The topological polar surface area (TPSA) is 63.6 Å². The molecular formula is C8H10O4. The summed E-state index contributed by atoms with van der Waals surface area (Å²) < 4.78 is 4.96. The largest absolute Gasteiger partial charge is 0.481 e. The molecular weight excluding hydrogens is 160 g/mol. The van der Waals surface area contributed by atoms with Crippen molar-refractivity contribution in [3.05, 3.63) is 0 Å². The van der Waals surface area contributed by atoms with Crippen LogP contribution in [-0.4, -0.2) is 23.1 Å². The first kappa shape index (κ1) is 7.58. The Labute approximate surface area is 69.5 Å². The molecule has 1 N–H and O–H groups in total. The quantitative estimate of drug-likeness (QED) is 0.579. The zero-order chi connectivity index (χ0) is 8.72. The number of rotatable bonds is 1. The molecule has 0 amide bonds. The van der Waals surface area contributed by atoms with Gasteiger partial charge in [-0.2, -0.15) is 0 Å². The van der Waals surface area contributed by atoms with Crippen molar-refractivity contribution >= 4 is 11.9 Å². The van der Waals surface area contributed by atoms with E-state index in [-0.39, 0.29) is 23.9 Å². The van der Waals surface area contributed by atoms with Crippen LogP contribution in [0, 0.1) is 11.8 Å². The summed E-state index contributed by atoms with van der Waals surface area (Å²) in [6.45, 7) is 0. The van der Waals surface area contributed by atoms with Gasteiger partial charge in [-0.25, -0.2) is 0 Å². The van der Waals surface area contributed by atoms with Gasteiger partial charge in [-0.3, -0.25) is 9.59 Å². The Bertz CT molecular complexity index is 235. The minimum Gasteiger partial charge on any atom is -0.481 e. The van der Waals surface area contributed by atoms with E-state index >= 15 is 0 Å². The highest BCUT2D eigenvalue weighted by molar-refractivity contribution is 5.76. The van der Waals surface area contributed by atoms with Gasteiger partial charge in [-0.15, -0.1) is 0 Å². The molecule has 1 heterocycles. The van der Waals surface area contributed by atoms with Crippen LogP contribution >= 0.6 is 0 Å². The lowest BCUT2D eigenvalue weighted by molar-refractivity contribution is -0.143. The van der Waals surface area contributed by atoms with Gasteiger partial charge >= 0.3 is 11.9 Å². The molecule has 0 bridgehead atoms. The minimum atomic E-state index is -0.791. The van der Waals surface area contributed by atoms with E-state index < -0.39 is 5.97 Å². The van der Waals surface area contributed by atoms with Gasteiger partial charge in [0.2, 0.25) is 0 Å². The molecule has 0 radical (unpaired) electrons. The van der Waals surface area contributed by atoms with Gasteiger partial charge in [-0.1, -0.05) is 0 Å². The molecule has 0 spiro atoms. The first-order chi connectivity index (χ1) is 5.68. The van der Waals surface area contributed by atoms with Crippen molar-refractivity contribution in [3.63, 3.8) is 0 Å². The van der Waals surface area contributed by atoms with E-state index in [9.17, 15) is 9.59 Å². The molecule has 4 nitrogen and oxygen atoms in total. The molecule has 1 aliphatic heterocycles. The second-order valence-electron chi connectivity index (χ2n) is 3.42. The highest BCUT2D eigenvalue weighted by Crippen LogP contribution is 2.40. The molecule has 4 heteroatoms. The molecule has 0 unspecified atom stereocenters. The second kappa shape index (κ2) is 2.47. The zero-order valence-corrected chi connectivity index (χ0v) is 6.53. The van der Waals surface area contributed by atoms with E-state index in [2.05, 4.69) is 0 Å². The molecule has 0 aromatic heterocycles. The number of fused-ring (bicyclic) bond motifs is 1. The Kier molecular flexibility index (Phi) is 1.56. The number of hydrogen-bond acceptors (Lipinski definition) is 3. The standard InChI is InChI=1S/C8H10O4/c9-7-3-5-4(8(10)11)1-2-6(5)12-7/h4-6H,1-3H2,(H,10,11)/t4-,5-,6+/m1/s1. The van der Waals surface area contributed by atoms with Gasteiger partial charge < -0.3 is 9.84 Å². The third kappa shape index (κ3) is 0.983. The third-order valence-corrected chi connectivity index (χ3v) is 2.76. The van der Waals surface area contributed by atoms with Crippen molar-refractivity contribution in [1.29, 1.82) is 0 Å². The van der Waals surface area contributed by atoms with Crippen LogP contribution < -0.4 is 0 Å². The predicted molar refractivity (Wildman–Crippen MR) is 38.3 cm³/mol. The SMILES string of the molecule is O=C1C[C@H]2[C@H](CC[C@H]2C(=O)O)O1.